The van der Waals surface area contributed by atoms with E-state index < -0.39 is 0 Å². The smallest absolute Gasteiger partial charge is 0.331 e. The van der Waals surface area contributed by atoms with Gasteiger partial charge in [0.05, 0.1) is 7.11 Å². The third-order valence-electron chi connectivity index (χ3n) is 2.90. The summed E-state index contributed by atoms with van der Waals surface area (Å²) in [5, 5.41) is 0. The van der Waals surface area contributed by atoms with E-state index in [1.165, 1.54) is 45.3 Å². The predicted octanol–water partition coefficient (Wildman–Crippen LogP) is 2.33. The van der Waals surface area contributed by atoms with E-state index in [0.717, 1.165) is 6.54 Å². The first-order valence-electron chi connectivity index (χ1n) is 5.79. The summed E-state index contributed by atoms with van der Waals surface area (Å²) in [4.78, 5) is 13.3. The molecule has 0 amide bonds. The largest absolute Gasteiger partial charge is 0.466 e. The van der Waals surface area contributed by atoms with Crippen LogP contribution in [-0.2, 0) is 9.53 Å². The number of esters is 1. The number of likely N-dealkylation sites (tertiary alicyclic amines) is 1. The van der Waals surface area contributed by atoms with Crippen molar-refractivity contribution in [2.45, 2.75) is 45.1 Å². The molecule has 0 aromatic rings. The van der Waals surface area contributed by atoms with E-state index >= 15 is 0 Å². The molecule has 1 fully saturated rings. The maximum Gasteiger partial charge on any atom is 0.331 e. The minimum atomic E-state index is -0.268. The Bertz CT molecular complexity index is 224. The molecular weight excluding hydrogens is 190 g/mol. The zero-order valence-corrected chi connectivity index (χ0v) is 9.74. The molecule has 0 saturated carbocycles. The number of carbonyl (C=O) groups excluding carboxylic acids is 1. The van der Waals surface area contributed by atoms with Crippen LogP contribution in [0.3, 0.4) is 0 Å². The van der Waals surface area contributed by atoms with Crippen molar-refractivity contribution in [2.24, 2.45) is 0 Å². The fraction of sp³-hybridized carbons (Fsp3) is 0.750. The molecule has 1 heterocycles. The second kappa shape index (κ2) is 6.49. The number of piperidine rings is 1. The first kappa shape index (κ1) is 12.1. The molecule has 0 aliphatic carbocycles. The van der Waals surface area contributed by atoms with Crippen LogP contribution in [0.4, 0.5) is 0 Å². The summed E-state index contributed by atoms with van der Waals surface area (Å²) in [5.74, 6) is -0.268. The van der Waals surface area contributed by atoms with E-state index in [1.807, 2.05) is 6.20 Å². The van der Waals surface area contributed by atoms with E-state index in [4.69, 9.17) is 0 Å². The lowest BCUT2D eigenvalue weighted by molar-refractivity contribution is -0.134. The molecule has 0 bridgehead atoms. The van der Waals surface area contributed by atoms with E-state index in [1.54, 1.807) is 0 Å². The zero-order chi connectivity index (χ0) is 11.1. The van der Waals surface area contributed by atoms with Gasteiger partial charge in [-0.15, -0.1) is 0 Å². The fourth-order valence-electron chi connectivity index (χ4n) is 2.09. The molecule has 1 aliphatic rings. The quantitative estimate of drug-likeness (QED) is 0.528. The van der Waals surface area contributed by atoms with Gasteiger partial charge in [-0.2, -0.15) is 0 Å². The first-order valence-corrected chi connectivity index (χ1v) is 5.79. The van der Waals surface area contributed by atoms with Crippen molar-refractivity contribution in [3.05, 3.63) is 12.3 Å². The maximum absolute atomic E-state index is 11.0. The van der Waals surface area contributed by atoms with Crippen LogP contribution in [0.1, 0.15) is 39.0 Å². The van der Waals surface area contributed by atoms with E-state index in [2.05, 4.69) is 16.6 Å². The molecule has 0 spiro atoms. The lowest BCUT2D eigenvalue weighted by atomic mass is 9.99. The molecule has 0 aromatic carbocycles. The lowest BCUT2D eigenvalue weighted by Crippen LogP contribution is -2.35. The van der Waals surface area contributed by atoms with Crippen LogP contribution in [0.2, 0.25) is 0 Å². The highest BCUT2D eigenvalue weighted by molar-refractivity contribution is 5.81. The number of hydrogen-bond donors (Lipinski definition) is 0. The molecule has 3 nitrogen and oxygen atoms in total. The molecule has 1 atom stereocenters. The van der Waals surface area contributed by atoms with Crippen LogP contribution >= 0.6 is 0 Å². The molecule has 3 heteroatoms. The summed E-state index contributed by atoms with van der Waals surface area (Å²) in [6, 6.07) is 0.615. The van der Waals surface area contributed by atoms with Gasteiger partial charge in [-0.1, -0.05) is 13.3 Å². The molecule has 0 radical (unpaired) electrons. The highest BCUT2D eigenvalue weighted by atomic mass is 16.5. The molecule has 1 aliphatic heterocycles. The second-order valence-electron chi connectivity index (χ2n) is 4.02. The van der Waals surface area contributed by atoms with Gasteiger partial charge in [0.25, 0.3) is 0 Å². The summed E-state index contributed by atoms with van der Waals surface area (Å²) < 4.78 is 4.58. The van der Waals surface area contributed by atoms with Gasteiger partial charge in [-0.25, -0.2) is 4.79 Å². The number of rotatable bonds is 4. The summed E-state index contributed by atoms with van der Waals surface area (Å²) >= 11 is 0. The maximum atomic E-state index is 11.0. The van der Waals surface area contributed by atoms with Crippen molar-refractivity contribution >= 4 is 5.97 Å². The topological polar surface area (TPSA) is 29.5 Å². The van der Waals surface area contributed by atoms with Crippen LogP contribution in [0, 0.1) is 0 Å². The molecular formula is C12H21NO2. The number of ether oxygens (including phenoxy) is 1. The Labute approximate surface area is 92.1 Å². The standard InChI is InChI=1S/C12H21NO2/c1-3-6-11-7-4-5-9-13(11)10-8-12(14)15-2/h8,10-11H,3-7,9H2,1-2H3/b10-8+. The van der Waals surface area contributed by atoms with Gasteiger partial charge in [0, 0.05) is 24.9 Å². The Morgan fingerprint density at radius 3 is 3.00 bits per heavy atom. The molecule has 86 valence electrons. The number of carbonyl (C=O) groups is 1. The van der Waals surface area contributed by atoms with Crippen molar-refractivity contribution < 1.29 is 9.53 Å². The molecule has 1 rings (SSSR count). The van der Waals surface area contributed by atoms with Gasteiger partial charge in [0.1, 0.15) is 0 Å². The summed E-state index contributed by atoms with van der Waals surface area (Å²) in [5.41, 5.74) is 0. The Balaban J connectivity index is 2.48. The lowest BCUT2D eigenvalue weighted by Gasteiger charge is -2.34. The van der Waals surface area contributed by atoms with Crippen molar-refractivity contribution in [2.75, 3.05) is 13.7 Å². The summed E-state index contributed by atoms with van der Waals surface area (Å²) in [7, 11) is 1.41. The molecule has 15 heavy (non-hydrogen) atoms. The van der Waals surface area contributed by atoms with Crippen LogP contribution in [0.5, 0.6) is 0 Å². The molecule has 1 saturated heterocycles. The van der Waals surface area contributed by atoms with Crippen molar-refractivity contribution in [3.8, 4) is 0 Å². The van der Waals surface area contributed by atoms with Crippen LogP contribution in [-0.4, -0.2) is 30.6 Å². The highest BCUT2D eigenvalue weighted by Gasteiger charge is 2.18. The van der Waals surface area contributed by atoms with Crippen molar-refractivity contribution in [1.82, 2.24) is 4.90 Å². The Morgan fingerprint density at radius 1 is 1.53 bits per heavy atom. The monoisotopic (exact) mass is 211 g/mol. The fourth-order valence-corrected chi connectivity index (χ4v) is 2.09. The third kappa shape index (κ3) is 3.94. The highest BCUT2D eigenvalue weighted by Crippen LogP contribution is 2.20. The SMILES string of the molecule is CCCC1CCCCN1/C=C/C(=O)OC. The predicted molar refractivity (Wildman–Crippen MR) is 60.4 cm³/mol. The number of nitrogens with zero attached hydrogens (tertiary/aromatic N) is 1. The van der Waals surface area contributed by atoms with Gasteiger partial charge in [0.15, 0.2) is 0 Å². The minimum absolute atomic E-state index is 0.268. The van der Waals surface area contributed by atoms with Crippen LogP contribution < -0.4 is 0 Å². The van der Waals surface area contributed by atoms with Gasteiger partial charge in [-0.05, 0) is 25.7 Å². The summed E-state index contributed by atoms with van der Waals surface area (Å²) in [6.45, 7) is 3.27. The van der Waals surface area contributed by atoms with Crippen molar-refractivity contribution in [3.63, 3.8) is 0 Å². The van der Waals surface area contributed by atoms with Crippen LogP contribution in [0.15, 0.2) is 12.3 Å². The van der Waals surface area contributed by atoms with Gasteiger partial charge < -0.3 is 9.64 Å². The Kier molecular flexibility index (Phi) is 5.22. The number of methoxy groups -OCH3 is 1. The average molecular weight is 211 g/mol. The van der Waals surface area contributed by atoms with Gasteiger partial charge in [-0.3, -0.25) is 0 Å². The summed E-state index contributed by atoms with van der Waals surface area (Å²) in [6.07, 6.45) is 9.62. The average Bonchev–Trinajstić information content (AvgIpc) is 2.28. The molecule has 0 N–H and O–H groups in total. The number of hydrogen-bond acceptors (Lipinski definition) is 3. The zero-order valence-electron chi connectivity index (χ0n) is 9.74. The van der Waals surface area contributed by atoms with Crippen molar-refractivity contribution in [1.29, 1.82) is 0 Å². The Hall–Kier alpha value is -0.990. The minimum Gasteiger partial charge on any atom is -0.466 e. The third-order valence-corrected chi connectivity index (χ3v) is 2.90. The van der Waals surface area contributed by atoms with Gasteiger partial charge >= 0.3 is 5.97 Å². The second-order valence-corrected chi connectivity index (χ2v) is 4.02. The van der Waals surface area contributed by atoms with E-state index in [9.17, 15) is 4.79 Å². The van der Waals surface area contributed by atoms with Crippen LogP contribution in [0.25, 0.3) is 0 Å². The Morgan fingerprint density at radius 2 is 2.33 bits per heavy atom. The van der Waals surface area contributed by atoms with E-state index in [0.29, 0.717) is 6.04 Å². The normalized spacial score (nSPS) is 22.0. The molecule has 1 unspecified atom stereocenters. The van der Waals surface area contributed by atoms with E-state index in [-0.39, 0.29) is 5.97 Å². The first-order chi connectivity index (χ1) is 7.27. The molecule has 0 aromatic heterocycles. The van der Waals surface area contributed by atoms with Gasteiger partial charge in [0.2, 0.25) is 0 Å².